The van der Waals surface area contributed by atoms with Gasteiger partial charge < -0.3 is 34.8 Å². The highest BCUT2D eigenvalue weighted by Gasteiger charge is 2.62. The van der Waals surface area contributed by atoms with Gasteiger partial charge in [0.1, 0.15) is 23.7 Å². The van der Waals surface area contributed by atoms with E-state index in [2.05, 4.69) is 12.2 Å². The Bertz CT molecular complexity index is 1100. The van der Waals surface area contributed by atoms with E-state index < -0.39 is 54.1 Å². The quantitative estimate of drug-likeness (QED) is 0.196. The number of Topliss-reactive ketones (excluding diaryl/α,β-unsaturated/α-hetero) is 1. The lowest BCUT2D eigenvalue weighted by Crippen LogP contribution is -2.95. The van der Waals surface area contributed by atoms with Crippen LogP contribution in [-0.4, -0.2) is 88.6 Å². The highest BCUT2D eigenvalue weighted by atomic mass is 16.6. The number of carbonyl (C=O) groups excluding carboxylic acids is 2. The third-order valence-corrected chi connectivity index (χ3v) is 12.8. The molecule has 3 heterocycles. The van der Waals surface area contributed by atoms with Crippen LogP contribution in [-0.2, 0) is 23.8 Å². The fourth-order valence-corrected chi connectivity index (χ4v) is 10.2. The molecule has 0 aromatic carbocycles. The fourth-order valence-electron chi connectivity index (χ4n) is 10.2. The van der Waals surface area contributed by atoms with Crippen molar-refractivity contribution in [3.8, 4) is 0 Å². The summed E-state index contributed by atoms with van der Waals surface area (Å²) in [5, 5.41) is 34.9. The predicted molar refractivity (Wildman–Crippen MR) is 170 cm³/mol. The van der Waals surface area contributed by atoms with Crippen LogP contribution >= 0.6 is 0 Å². The first kappa shape index (κ1) is 34.5. The summed E-state index contributed by atoms with van der Waals surface area (Å²) in [5.41, 5.74) is 6.09. The first-order valence-electron chi connectivity index (χ1n) is 18.4. The molecule has 3 aliphatic carbocycles. The Hall–Kier alpha value is -1.40. The number of ketones is 1. The van der Waals surface area contributed by atoms with E-state index in [0.29, 0.717) is 25.2 Å². The van der Waals surface area contributed by atoms with Crippen LogP contribution in [0.15, 0.2) is 11.6 Å². The standard InChI is InChI=1S/C36H58N2O8/c1-3-25(21-7-4-5-8-21)35(43)45-28-17-26-32(42)31-27(41)16-24(19-39)44-34(31)30(22-9-6-10-23(40)15-22)33(26)46-36(28,2)14-13-20-11-12-29(37)38-18-20/h3,20-24,26,28-34,38-40,42H,4-19,37H2,1-2H3/p+1/t20?,22?,23?,24?,26?,28-,29?,30?,31?,32?,33?,34?,36-/m0/s1. The molecule has 10 heteroatoms. The van der Waals surface area contributed by atoms with Crippen molar-refractivity contribution in [3.05, 3.63) is 11.6 Å². The van der Waals surface area contributed by atoms with Crippen LogP contribution in [0.5, 0.6) is 0 Å². The van der Waals surface area contributed by atoms with E-state index in [0.717, 1.165) is 76.3 Å². The Morgan fingerprint density at radius 1 is 1.09 bits per heavy atom. The van der Waals surface area contributed by atoms with E-state index in [4.69, 9.17) is 19.9 Å². The van der Waals surface area contributed by atoms with Crippen molar-refractivity contribution in [2.75, 3.05) is 13.2 Å². The summed E-state index contributed by atoms with van der Waals surface area (Å²) in [6.07, 6.45) is 9.81. The maximum absolute atomic E-state index is 13.8. The lowest BCUT2D eigenvalue weighted by atomic mass is 9.58. The molecule has 46 heavy (non-hydrogen) atoms. The van der Waals surface area contributed by atoms with E-state index in [9.17, 15) is 24.9 Å². The van der Waals surface area contributed by atoms with E-state index in [1.165, 1.54) is 0 Å². The van der Waals surface area contributed by atoms with Gasteiger partial charge in [-0.25, -0.2) is 4.79 Å². The average molecular weight is 648 g/mol. The van der Waals surface area contributed by atoms with Crippen LogP contribution in [0.2, 0.25) is 0 Å². The lowest BCUT2D eigenvalue weighted by Gasteiger charge is -2.59. The molecule has 10 nitrogen and oxygen atoms in total. The number of fused-ring (bicyclic) bond motifs is 2. The SMILES string of the molecule is CC=C(C(=O)O[C@H]1CC2C(O)C3C(=O)CC(CO)OC3C(C3CCCC(O)C3)C2O[C@@]1(C)CCC1CCC(N)[NH2+]C1)C1CCCC1. The van der Waals surface area contributed by atoms with Crippen molar-refractivity contribution in [2.24, 2.45) is 41.2 Å². The number of nitrogens with two attached hydrogens (primary N) is 2. The third-order valence-electron chi connectivity index (χ3n) is 12.8. The molecule has 6 rings (SSSR count). The molecular weight excluding hydrogens is 588 g/mol. The summed E-state index contributed by atoms with van der Waals surface area (Å²) < 4.78 is 20.2. The minimum Gasteiger partial charge on any atom is -0.456 e. The fraction of sp³-hybridized carbons (Fsp3) is 0.889. The zero-order valence-corrected chi connectivity index (χ0v) is 27.9. The predicted octanol–water partition coefficient (Wildman–Crippen LogP) is 2.11. The van der Waals surface area contributed by atoms with Gasteiger partial charge in [0.2, 0.25) is 0 Å². The van der Waals surface area contributed by atoms with Gasteiger partial charge in [0.15, 0.2) is 0 Å². The molecule has 6 aliphatic rings. The summed E-state index contributed by atoms with van der Waals surface area (Å²) in [7, 11) is 0. The van der Waals surface area contributed by atoms with Gasteiger partial charge >= 0.3 is 5.97 Å². The molecule has 7 N–H and O–H groups in total. The highest BCUT2D eigenvalue weighted by molar-refractivity contribution is 5.89. The number of allylic oxidation sites excluding steroid dienone is 1. The number of hydrogen-bond acceptors (Lipinski definition) is 9. The van der Waals surface area contributed by atoms with Crippen molar-refractivity contribution in [1.82, 2.24) is 0 Å². The van der Waals surface area contributed by atoms with E-state index in [1.807, 2.05) is 13.0 Å². The highest BCUT2D eigenvalue weighted by Crippen LogP contribution is 2.54. The smallest absolute Gasteiger partial charge is 0.334 e. The van der Waals surface area contributed by atoms with E-state index in [-0.39, 0.29) is 48.7 Å². The summed E-state index contributed by atoms with van der Waals surface area (Å²) >= 11 is 0. The molecule has 0 aromatic rings. The maximum atomic E-state index is 13.8. The van der Waals surface area contributed by atoms with Gasteiger partial charge in [-0.2, -0.15) is 0 Å². The number of aliphatic hydroxyl groups is 3. The molecule has 260 valence electrons. The molecule has 0 bridgehead atoms. The Morgan fingerprint density at radius 3 is 2.54 bits per heavy atom. The number of hydrogen-bond donors (Lipinski definition) is 5. The monoisotopic (exact) mass is 647 g/mol. The molecule has 13 atom stereocenters. The van der Waals surface area contributed by atoms with Gasteiger partial charge in [-0.1, -0.05) is 25.3 Å². The van der Waals surface area contributed by atoms with Crippen LogP contribution in [0.1, 0.15) is 104 Å². The third kappa shape index (κ3) is 7.00. The zero-order chi connectivity index (χ0) is 32.6. The van der Waals surface area contributed by atoms with Gasteiger partial charge in [0, 0.05) is 36.2 Å². The van der Waals surface area contributed by atoms with Crippen LogP contribution in [0.4, 0.5) is 0 Å². The summed E-state index contributed by atoms with van der Waals surface area (Å²) in [5.74, 6) is -1.02. The number of aliphatic hydroxyl groups excluding tert-OH is 3. The van der Waals surface area contributed by atoms with Gasteiger partial charge in [0.25, 0.3) is 0 Å². The van der Waals surface area contributed by atoms with Crippen LogP contribution in [0.25, 0.3) is 0 Å². The van der Waals surface area contributed by atoms with E-state index >= 15 is 0 Å². The van der Waals surface area contributed by atoms with Crippen molar-refractivity contribution in [1.29, 1.82) is 0 Å². The molecule has 3 aliphatic heterocycles. The lowest BCUT2D eigenvalue weighted by molar-refractivity contribution is -0.703. The van der Waals surface area contributed by atoms with Gasteiger partial charge in [-0.3, -0.25) is 10.5 Å². The van der Waals surface area contributed by atoms with Crippen LogP contribution < -0.4 is 11.1 Å². The molecule has 0 amide bonds. The van der Waals surface area contributed by atoms with Crippen molar-refractivity contribution >= 4 is 11.8 Å². The van der Waals surface area contributed by atoms with Crippen molar-refractivity contribution in [3.63, 3.8) is 0 Å². The topological polar surface area (TPSA) is 165 Å². The Labute approximate surface area is 274 Å². The molecule has 0 aromatic heterocycles. The van der Waals surface area contributed by atoms with Crippen molar-refractivity contribution < 1.29 is 44.4 Å². The average Bonchev–Trinajstić information content (AvgIpc) is 3.56. The second-order valence-corrected chi connectivity index (χ2v) is 15.8. The number of ether oxygens (including phenoxy) is 3. The van der Waals surface area contributed by atoms with Crippen LogP contribution in [0.3, 0.4) is 0 Å². The number of carbonyl (C=O) groups is 2. The summed E-state index contributed by atoms with van der Waals surface area (Å²) in [6, 6.07) is 0. The normalized spacial score (nSPS) is 45.6. The van der Waals surface area contributed by atoms with Crippen molar-refractivity contribution in [2.45, 2.75) is 152 Å². The van der Waals surface area contributed by atoms with Gasteiger partial charge in [-0.05, 0) is 83.5 Å². The first-order chi connectivity index (χ1) is 22.1. The molecule has 11 unspecified atom stereocenters. The number of rotatable bonds is 8. The molecule has 3 saturated heterocycles. The Morgan fingerprint density at radius 2 is 1.87 bits per heavy atom. The molecule has 6 fully saturated rings. The first-order valence-corrected chi connectivity index (χ1v) is 18.4. The summed E-state index contributed by atoms with van der Waals surface area (Å²) in [6.45, 7) is 4.68. The Kier molecular flexibility index (Phi) is 10.9. The number of piperidine rings is 1. The molecule has 0 spiro atoms. The Balaban J connectivity index is 1.31. The van der Waals surface area contributed by atoms with Crippen LogP contribution in [0, 0.1) is 35.5 Å². The number of quaternary nitrogens is 1. The van der Waals surface area contributed by atoms with Gasteiger partial charge in [-0.15, -0.1) is 0 Å². The second kappa shape index (κ2) is 14.6. The summed E-state index contributed by atoms with van der Waals surface area (Å²) in [4.78, 5) is 27.4. The number of esters is 1. The minimum atomic E-state index is -1.01. The largest absolute Gasteiger partial charge is 0.456 e. The van der Waals surface area contributed by atoms with E-state index in [1.54, 1.807) is 0 Å². The zero-order valence-electron chi connectivity index (χ0n) is 27.9. The molecule has 0 radical (unpaired) electrons. The minimum absolute atomic E-state index is 0.0521. The molecular formula is C36H59N2O8+. The van der Waals surface area contributed by atoms with Gasteiger partial charge in [0.05, 0.1) is 49.6 Å². The molecule has 3 saturated carbocycles. The maximum Gasteiger partial charge on any atom is 0.334 e. The second-order valence-electron chi connectivity index (χ2n) is 15.8.